The fourth-order valence-corrected chi connectivity index (χ4v) is 2.09. The van der Waals surface area contributed by atoms with Crippen molar-refractivity contribution in [1.29, 1.82) is 0 Å². The van der Waals surface area contributed by atoms with Gasteiger partial charge in [0, 0.05) is 12.1 Å². The van der Waals surface area contributed by atoms with E-state index in [2.05, 4.69) is 10.6 Å². The maximum Gasteiger partial charge on any atom is 0.251 e. The van der Waals surface area contributed by atoms with Crippen LogP contribution in [0.1, 0.15) is 22.3 Å². The molecule has 23 heavy (non-hydrogen) atoms. The van der Waals surface area contributed by atoms with Gasteiger partial charge >= 0.3 is 0 Å². The van der Waals surface area contributed by atoms with Crippen LogP contribution in [0.3, 0.4) is 0 Å². The minimum Gasteiger partial charge on any atom is -0.355 e. The van der Waals surface area contributed by atoms with Crippen molar-refractivity contribution in [2.24, 2.45) is 0 Å². The fraction of sp³-hybridized carbons (Fsp3) is 0.222. The summed E-state index contributed by atoms with van der Waals surface area (Å²) in [5.41, 5.74) is 1.55. The zero-order valence-corrected chi connectivity index (χ0v) is 12.7. The molecule has 0 bridgehead atoms. The molecule has 2 N–H and O–H groups in total. The number of hydrogen-bond donors (Lipinski definition) is 2. The Kier molecular flexibility index (Phi) is 6.29. The van der Waals surface area contributed by atoms with E-state index in [9.17, 15) is 14.0 Å². The highest BCUT2D eigenvalue weighted by atomic mass is 19.1. The van der Waals surface area contributed by atoms with Crippen molar-refractivity contribution in [3.63, 3.8) is 0 Å². The molecule has 2 aromatic carbocycles. The van der Waals surface area contributed by atoms with Gasteiger partial charge in [-0.2, -0.15) is 0 Å². The molecule has 0 radical (unpaired) electrons. The van der Waals surface area contributed by atoms with Gasteiger partial charge in [-0.05, 0) is 42.7 Å². The molecule has 5 heteroatoms. The molecule has 0 aliphatic rings. The number of halogens is 1. The van der Waals surface area contributed by atoms with Gasteiger partial charge in [-0.1, -0.05) is 30.3 Å². The molecule has 0 saturated carbocycles. The van der Waals surface area contributed by atoms with E-state index in [-0.39, 0.29) is 12.5 Å². The fourth-order valence-electron chi connectivity index (χ4n) is 2.09. The molecule has 0 aromatic heterocycles. The highest BCUT2D eigenvalue weighted by Gasteiger charge is 2.07. The second-order valence-electron chi connectivity index (χ2n) is 5.13. The molecule has 2 amide bonds. The smallest absolute Gasteiger partial charge is 0.251 e. The van der Waals surface area contributed by atoms with Gasteiger partial charge in [0.2, 0.25) is 5.91 Å². The lowest BCUT2D eigenvalue weighted by Crippen LogP contribution is -2.37. The topological polar surface area (TPSA) is 58.2 Å². The number of amides is 2. The minimum absolute atomic E-state index is 0.0957. The van der Waals surface area contributed by atoms with Gasteiger partial charge in [-0.25, -0.2) is 4.39 Å². The van der Waals surface area contributed by atoms with Crippen LogP contribution in [0.2, 0.25) is 0 Å². The lowest BCUT2D eigenvalue weighted by atomic mass is 10.1. The van der Waals surface area contributed by atoms with Crippen LogP contribution in [-0.4, -0.2) is 24.9 Å². The second-order valence-corrected chi connectivity index (χ2v) is 5.13. The summed E-state index contributed by atoms with van der Waals surface area (Å²) < 4.78 is 12.8. The predicted octanol–water partition coefficient (Wildman–Crippen LogP) is 2.30. The van der Waals surface area contributed by atoms with E-state index in [4.69, 9.17) is 0 Å². The van der Waals surface area contributed by atoms with Gasteiger partial charge in [0.05, 0.1) is 6.54 Å². The van der Waals surface area contributed by atoms with Crippen molar-refractivity contribution in [2.75, 3.05) is 13.1 Å². The first-order chi connectivity index (χ1) is 11.1. The summed E-state index contributed by atoms with van der Waals surface area (Å²) >= 11 is 0. The van der Waals surface area contributed by atoms with Crippen LogP contribution in [0, 0.1) is 5.82 Å². The molecule has 0 aliphatic heterocycles. The first kappa shape index (κ1) is 16.7. The molecule has 120 valence electrons. The van der Waals surface area contributed by atoms with Crippen molar-refractivity contribution in [3.8, 4) is 0 Å². The normalized spacial score (nSPS) is 10.1. The molecular formula is C18H19FN2O2. The molecular weight excluding hydrogens is 295 g/mol. The molecule has 2 aromatic rings. The van der Waals surface area contributed by atoms with E-state index in [1.54, 1.807) is 0 Å². The molecule has 0 saturated heterocycles. The monoisotopic (exact) mass is 314 g/mol. The van der Waals surface area contributed by atoms with Gasteiger partial charge in [0.1, 0.15) is 5.82 Å². The Morgan fingerprint density at radius 2 is 1.61 bits per heavy atom. The zero-order chi connectivity index (χ0) is 16.5. The third-order valence-electron chi connectivity index (χ3n) is 3.32. The van der Waals surface area contributed by atoms with E-state index in [1.807, 2.05) is 30.3 Å². The SMILES string of the molecule is O=C(CNC(=O)c1ccc(F)cc1)NCCCc1ccccc1. The summed E-state index contributed by atoms with van der Waals surface area (Å²) in [5, 5.41) is 5.26. The van der Waals surface area contributed by atoms with Crippen LogP contribution < -0.4 is 10.6 Å². The third-order valence-corrected chi connectivity index (χ3v) is 3.32. The van der Waals surface area contributed by atoms with E-state index in [0.717, 1.165) is 12.8 Å². The van der Waals surface area contributed by atoms with Crippen LogP contribution in [0.25, 0.3) is 0 Å². The highest BCUT2D eigenvalue weighted by Crippen LogP contribution is 2.02. The lowest BCUT2D eigenvalue weighted by molar-refractivity contribution is -0.120. The van der Waals surface area contributed by atoms with Gasteiger partial charge in [0.15, 0.2) is 0 Å². The maximum absolute atomic E-state index is 12.8. The highest BCUT2D eigenvalue weighted by molar-refractivity contribution is 5.96. The minimum atomic E-state index is -0.405. The van der Waals surface area contributed by atoms with Crippen molar-refractivity contribution in [1.82, 2.24) is 10.6 Å². The Bertz CT molecular complexity index is 642. The van der Waals surface area contributed by atoms with E-state index < -0.39 is 11.7 Å². The average Bonchev–Trinajstić information content (AvgIpc) is 2.58. The number of hydrogen-bond acceptors (Lipinski definition) is 2. The van der Waals surface area contributed by atoms with Gasteiger partial charge in [0.25, 0.3) is 5.91 Å². The standard InChI is InChI=1S/C18H19FN2O2/c19-16-10-8-15(9-11-16)18(23)21-13-17(22)20-12-4-7-14-5-2-1-3-6-14/h1-3,5-6,8-11H,4,7,12-13H2,(H,20,22)(H,21,23). The molecule has 0 atom stereocenters. The van der Waals surface area contributed by atoms with Gasteiger partial charge in [-0.3, -0.25) is 9.59 Å². The van der Waals surface area contributed by atoms with Crippen molar-refractivity contribution in [3.05, 3.63) is 71.5 Å². The number of aryl methyl sites for hydroxylation is 1. The number of rotatable bonds is 7. The molecule has 0 spiro atoms. The van der Waals surface area contributed by atoms with Crippen LogP contribution in [-0.2, 0) is 11.2 Å². The number of carbonyl (C=O) groups is 2. The number of carbonyl (C=O) groups excluding carboxylic acids is 2. The molecule has 0 unspecified atom stereocenters. The number of benzene rings is 2. The molecule has 0 aliphatic carbocycles. The Labute approximate surface area is 134 Å². The lowest BCUT2D eigenvalue weighted by Gasteiger charge is -2.07. The largest absolute Gasteiger partial charge is 0.355 e. The Hall–Kier alpha value is -2.69. The van der Waals surface area contributed by atoms with E-state index in [0.29, 0.717) is 12.1 Å². The molecule has 0 heterocycles. The number of nitrogens with one attached hydrogen (secondary N) is 2. The van der Waals surface area contributed by atoms with Gasteiger partial charge < -0.3 is 10.6 Å². The average molecular weight is 314 g/mol. The summed E-state index contributed by atoms with van der Waals surface area (Å²) in [6.45, 7) is 0.460. The first-order valence-corrected chi connectivity index (χ1v) is 7.49. The summed E-state index contributed by atoms with van der Waals surface area (Å²) in [7, 11) is 0. The predicted molar refractivity (Wildman–Crippen MR) is 86.5 cm³/mol. The van der Waals surface area contributed by atoms with Crippen LogP contribution in [0.4, 0.5) is 4.39 Å². The van der Waals surface area contributed by atoms with Crippen LogP contribution in [0.15, 0.2) is 54.6 Å². The van der Waals surface area contributed by atoms with Crippen molar-refractivity contribution < 1.29 is 14.0 Å². The molecule has 0 fully saturated rings. The summed E-state index contributed by atoms with van der Waals surface area (Å²) in [5.74, 6) is -1.05. The second kappa shape index (κ2) is 8.68. The maximum atomic E-state index is 12.8. The van der Waals surface area contributed by atoms with E-state index >= 15 is 0 Å². The van der Waals surface area contributed by atoms with Crippen LogP contribution >= 0.6 is 0 Å². The Morgan fingerprint density at radius 1 is 0.913 bits per heavy atom. The first-order valence-electron chi connectivity index (χ1n) is 7.49. The molecule has 2 rings (SSSR count). The Balaban J connectivity index is 1.63. The van der Waals surface area contributed by atoms with Crippen LogP contribution in [0.5, 0.6) is 0 Å². The third kappa shape index (κ3) is 5.90. The van der Waals surface area contributed by atoms with Crippen molar-refractivity contribution >= 4 is 11.8 Å². The Morgan fingerprint density at radius 3 is 2.30 bits per heavy atom. The molecule has 4 nitrogen and oxygen atoms in total. The van der Waals surface area contributed by atoms with Crippen molar-refractivity contribution in [2.45, 2.75) is 12.8 Å². The van der Waals surface area contributed by atoms with Gasteiger partial charge in [-0.15, -0.1) is 0 Å². The van der Waals surface area contributed by atoms with E-state index in [1.165, 1.54) is 29.8 Å². The quantitative estimate of drug-likeness (QED) is 0.771. The summed E-state index contributed by atoms with van der Waals surface area (Å²) in [6, 6.07) is 15.2. The summed E-state index contributed by atoms with van der Waals surface area (Å²) in [6.07, 6.45) is 1.73. The zero-order valence-electron chi connectivity index (χ0n) is 12.7. The summed E-state index contributed by atoms with van der Waals surface area (Å²) in [4.78, 5) is 23.4.